The Morgan fingerprint density at radius 1 is 1.21 bits per heavy atom. The van der Waals surface area contributed by atoms with Crippen LogP contribution in [-0.4, -0.2) is 82.4 Å². The van der Waals surface area contributed by atoms with Crippen LogP contribution >= 0.6 is 11.3 Å². The van der Waals surface area contributed by atoms with Gasteiger partial charge in [-0.25, -0.2) is 9.78 Å². The second-order valence-electron chi connectivity index (χ2n) is 9.14. The highest BCUT2D eigenvalue weighted by Crippen LogP contribution is 2.27. The van der Waals surface area contributed by atoms with Crippen molar-refractivity contribution >= 4 is 34.9 Å². The third kappa shape index (κ3) is 5.83. The van der Waals surface area contributed by atoms with Crippen LogP contribution in [0.5, 0.6) is 0 Å². The molecular weight excluding hydrogens is 508 g/mol. The Balaban J connectivity index is 1.47. The molecule has 0 aliphatic carbocycles. The van der Waals surface area contributed by atoms with Crippen molar-refractivity contribution in [2.45, 2.75) is 31.7 Å². The molecule has 3 N–H and O–H groups in total. The average molecular weight is 539 g/mol. The first-order valence-corrected chi connectivity index (χ1v) is 13.5. The first-order chi connectivity index (χ1) is 18.5. The normalized spacial score (nSPS) is 17.6. The number of carbonyl (C=O) groups excluding carboxylic acids is 3. The molecule has 5 rings (SSSR count). The number of aryl methyl sites for hydroxylation is 1. The van der Waals surface area contributed by atoms with Gasteiger partial charge in [0.15, 0.2) is 5.69 Å². The fourth-order valence-corrected chi connectivity index (χ4v) is 5.34. The van der Waals surface area contributed by atoms with Crippen LogP contribution in [0.1, 0.15) is 52.0 Å². The molecule has 200 valence electrons. The van der Waals surface area contributed by atoms with E-state index < -0.39 is 11.8 Å². The van der Waals surface area contributed by atoms with Crippen molar-refractivity contribution in [2.75, 3.05) is 45.2 Å². The zero-order valence-electron chi connectivity index (χ0n) is 21.1. The number of urea groups is 1. The Morgan fingerprint density at radius 3 is 2.87 bits per heavy atom. The van der Waals surface area contributed by atoms with Crippen molar-refractivity contribution in [3.8, 4) is 10.6 Å². The van der Waals surface area contributed by atoms with E-state index in [-0.39, 0.29) is 30.0 Å². The molecule has 0 spiro atoms. The molecule has 12 nitrogen and oxygen atoms in total. The molecule has 3 aromatic rings. The predicted octanol–water partition coefficient (Wildman–Crippen LogP) is 2.32. The molecule has 2 aliphatic heterocycles. The lowest BCUT2D eigenvalue weighted by atomic mass is 10.1. The van der Waals surface area contributed by atoms with Crippen LogP contribution in [0.2, 0.25) is 0 Å². The summed E-state index contributed by atoms with van der Waals surface area (Å²) in [5.74, 6) is -0.850. The lowest BCUT2D eigenvalue weighted by molar-refractivity contribution is 0.0660. The number of hydrogen-bond acceptors (Lipinski definition) is 8. The number of carbonyl (C=O) groups is 3. The fraction of sp³-hybridized carbons (Fsp3) is 0.440. The van der Waals surface area contributed by atoms with Crippen molar-refractivity contribution in [3.05, 3.63) is 47.0 Å². The average Bonchev–Trinajstić information content (AvgIpc) is 3.60. The number of nitrogens with one attached hydrogen (secondary N) is 3. The van der Waals surface area contributed by atoms with Gasteiger partial charge in [-0.1, -0.05) is 0 Å². The summed E-state index contributed by atoms with van der Waals surface area (Å²) in [6.45, 7) is 2.28. The molecule has 13 heteroatoms. The zero-order valence-corrected chi connectivity index (χ0v) is 21.9. The molecule has 4 bridgehead atoms. The first kappa shape index (κ1) is 25.8. The second-order valence-corrected chi connectivity index (χ2v) is 10.0. The summed E-state index contributed by atoms with van der Waals surface area (Å²) in [6, 6.07) is 3.67. The van der Waals surface area contributed by atoms with Gasteiger partial charge in [0.25, 0.3) is 11.8 Å². The Kier molecular flexibility index (Phi) is 7.94. The van der Waals surface area contributed by atoms with E-state index in [1.165, 1.54) is 11.3 Å². The van der Waals surface area contributed by atoms with Crippen molar-refractivity contribution in [1.82, 2.24) is 35.3 Å². The molecule has 4 amide bonds. The number of pyridine rings is 1. The van der Waals surface area contributed by atoms with Gasteiger partial charge in [-0.2, -0.15) is 5.10 Å². The monoisotopic (exact) mass is 538 g/mol. The number of nitrogens with zero attached hydrogens (tertiary/aromatic N) is 5. The van der Waals surface area contributed by atoms with Crippen LogP contribution in [0.3, 0.4) is 0 Å². The Morgan fingerprint density at radius 2 is 2.05 bits per heavy atom. The Labute approximate surface area is 223 Å². The summed E-state index contributed by atoms with van der Waals surface area (Å²) in [7, 11) is 1.58. The van der Waals surface area contributed by atoms with E-state index in [0.717, 1.165) is 24.1 Å². The molecule has 0 aromatic carbocycles. The number of ether oxygens (including phenoxy) is 1. The molecule has 1 fully saturated rings. The largest absolute Gasteiger partial charge is 0.381 e. The molecule has 0 radical (unpaired) electrons. The van der Waals surface area contributed by atoms with E-state index in [1.54, 1.807) is 34.4 Å². The van der Waals surface area contributed by atoms with E-state index in [4.69, 9.17) is 4.74 Å². The van der Waals surface area contributed by atoms with Crippen LogP contribution < -0.4 is 16.0 Å². The van der Waals surface area contributed by atoms with E-state index in [9.17, 15) is 14.4 Å². The fourth-order valence-electron chi connectivity index (χ4n) is 4.54. The molecule has 2 aliphatic rings. The lowest BCUT2D eigenvalue weighted by Crippen LogP contribution is -2.43. The highest BCUT2D eigenvalue weighted by atomic mass is 32.1. The first-order valence-electron chi connectivity index (χ1n) is 12.7. The van der Waals surface area contributed by atoms with Gasteiger partial charge in [-0.05, 0) is 37.8 Å². The van der Waals surface area contributed by atoms with Crippen molar-refractivity contribution in [1.29, 1.82) is 0 Å². The molecule has 0 atom stereocenters. The maximum absolute atomic E-state index is 13.2. The van der Waals surface area contributed by atoms with E-state index in [0.29, 0.717) is 49.8 Å². The van der Waals surface area contributed by atoms with Crippen LogP contribution in [-0.2, 0) is 11.2 Å². The van der Waals surface area contributed by atoms with Crippen molar-refractivity contribution in [3.63, 3.8) is 0 Å². The second kappa shape index (κ2) is 11.7. The molecule has 0 saturated carbocycles. The van der Waals surface area contributed by atoms with Crippen molar-refractivity contribution < 1.29 is 19.1 Å². The summed E-state index contributed by atoms with van der Waals surface area (Å²) >= 11 is 1.36. The molecule has 3 aromatic heterocycles. The van der Waals surface area contributed by atoms with Crippen LogP contribution in [0.4, 0.5) is 10.5 Å². The minimum Gasteiger partial charge on any atom is -0.381 e. The molecule has 38 heavy (non-hydrogen) atoms. The maximum Gasteiger partial charge on any atom is 0.317 e. The van der Waals surface area contributed by atoms with Gasteiger partial charge in [0.05, 0.1) is 11.7 Å². The number of aromatic nitrogens is 4. The molecule has 1 saturated heterocycles. The van der Waals surface area contributed by atoms with Gasteiger partial charge in [-0.3, -0.25) is 19.3 Å². The predicted molar refractivity (Wildman–Crippen MR) is 141 cm³/mol. The van der Waals surface area contributed by atoms with Crippen LogP contribution in [0, 0.1) is 0 Å². The third-order valence-corrected chi connectivity index (χ3v) is 7.48. The van der Waals surface area contributed by atoms with E-state index >= 15 is 0 Å². The summed E-state index contributed by atoms with van der Waals surface area (Å²) in [5.41, 5.74) is 2.43. The zero-order chi connectivity index (χ0) is 26.5. The van der Waals surface area contributed by atoms with Gasteiger partial charge in [0.1, 0.15) is 10.7 Å². The van der Waals surface area contributed by atoms with Gasteiger partial charge >= 0.3 is 6.03 Å². The van der Waals surface area contributed by atoms with Crippen molar-refractivity contribution in [2.24, 2.45) is 0 Å². The van der Waals surface area contributed by atoms with Gasteiger partial charge in [0, 0.05) is 68.9 Å². The van der Waals surface area contributed by atoms with Gasteiger partial charge < -0.3 is 25.6 Å². The van der Waals surface area contributed by atoms with Crippen LogP contribution in [0.15, 0.2) is 29.9 Å². The summed E-state index contributed by atoms with van der Waals surface area (Å²) < 4.78 is 7.19. The molecule has 0 unspecified atom stereocenters. The number of thiazole rings is 1. The SMILES string of the molecule is CNC(=O)N1CCCc2cc(ccn2)-c2nc(cs2)C(=O)Nc2cn(C3CCOCC3)nc2C(=O)NCC1. The van der Waals surface area contributed by atoms with Gasteiger partial charge in [-0.15, -0.1) is 11.3 Å². The number of anilines is 1. The third-order valence-electron chi connectivity index (χ3n) is 6.59. The Hall–Kier alpha value is -3.84. The Bertz CT molecular complexity index is 1320. The smallest absolute Gasteiger partial charge is 0.317 e. The van der Waals surface area contributed by atoms with Gasteiger partial charge in [0.2, 0.25) is 0 Å². The summed E-state index contributed by atoms with van der Waals surface area (Å²) in [5, 5.41) is 15.3. The van der Waals surface area contributed by atoms with E-state index in [1.807, 2.05) is 12.1 Å². The number of fused-ring (bicyclic) bond motifs is 6. The minimum atomic E-state index is -0.428. The summed E-state index contributed by atoms with van der Waals surface area (Å²) in [4.78, 5) is 49.4. The number of rotatable bonds is 1. The standard InChI is InChI=1S/C25H30N8O4S/c1-26-25(36)32-9-2-3-17-13-16(4-7-27-17)24-30-20(15-38-24)22(34)29-19-14-33(18-5-11-37-12-6-18)31-21(19)23(35)28-8-10-32/h4,7,13-15,18H,2-3,5-6,8-12H2,1H3,(H,26,36)(H,28,35)(H,29,34). The molecule has 5 heterocycles. The number of amides is 4. The quantitative estimate of drug-likeness (QED) is 0.431. The highest BCUT2D eigenvalue weighted by Gasteiger charge is 2.25. The molecular formula is C25H30N8O4S. The highest BCUT2D eigenvalue weighted by molar-refractivity contribution is 7.13. The topological polar surface area (TPSA) is 143 Å². The minimum absolute atomic E-state index is 0.0677. The summed E-state index contributed by atoms with van der Waals surface area (Å²) in [6.07, 6.45) is 6.32. The number of hydrogen-bond donors (Lipinski definition) is 3. The lowest BCUT2D eigenvalue weighted by Gasteiger charge is -2.22. The maximum atomic E-state index is 13.2. The van der Waals surface area contributed by atoms with Crippen LogP contribution in [0.25, 0.3) is 10.6 Å². The van der Waals surface area contributed by atoms with E-state index in [2.05, 4.69) is 31.0 Å².